The summed E-state index contributed by atoms with van der Waals surface area (Å²) in [4.78, 5) is 13.1. The molecule has 2 N–H and O–H groups in total. The van der Waals surface area contributed by atoms with E-state index in [2.05, 4.69) is 12.2 Å². The minimum atomic E-state index is -4.71. The van der Waals surface area contributed by atoms with Gasteiger partial charge in [0, 0.05) is 10.3 Å². The zero-order valence-corrected chi connectivity index (χ0v) is 11.8. The number of hydrogen-bond donors (Lipinski definition) is 2. The van der Waals surface area contributed by atoms with E-state index in [0.29, 0.717) is 11.5 Å². The van der Waals surface area contributed by atoms with Crippen LogP contribution in [0.15, 0.2) is 5.38 Å². The molecule has 7 heteroatoms. The summed E-state index contributed by atoms with van der Waals surface area (Å²) in [5.74, 6) is 0.0319. The molecule has 1 heterocycles. The Morgan fingerprint density at radius 3 is 2.95 bits per heavy atom. The number of amides is 1. The standard InChI is InChI=1S/C13H16F3NO2S/c1-7-2-3-8-9(6-20-10(8)4-7)12(19)17-5-11(18)13(14,15)16/h6-7,11,18H,2-5H2,1H3,(H,17,19). The van der Waals surface area contributed by atoms with Crippen LogP contribution in [0.5, 0.6) is 0 Å². The Labute approximate surface area is 118 Å². The SMILES string of the molecule is CC1CCc2c(C(=O)NCC(O)C(F)(F)F)csc2C1. The number of aliphatic hydroxyl groups is 1. The van der Waals surface area contributed by atoms with Crippen molar-refractivity contribution in [2.24, 2.45) is 5.92 Å². The first-order chi connectivity index (χ1) is 9.29. The van der Waals surface area contributed by atoms with Crippen LogP contribution in [0.1, 0.15) is 34.1 Å². The maximum Gasteiger partial charge on any atom is 0.416 e. The van der Waals surface area contributed by atoms with Gasteiger partial charge >= 0.3 is 6.18 Å². The summed E-state index contributed by atoms with van der Waals surface area (Å²) in [6.45, 7) is 1.32. The van der Waals surface area contributed by atoms with Gasteiger partial charge in [0.1, 0.15) is 0 Å². The van der Waals surface area contributed by atoms with Crippen LogP contribution in [-0.2, 0) is 12.8 Å². The molecule has 2 rings (SSSR count). The van der Waals surface area contributed by atoms with Crippen LogP contribution in [0.4, 0.5) is 13.2 Å². The number of nitrogens with one attached hydrogen (secondary N) is 1. The Kier molecular flexibility index (Phi) is 4.39. The summed E-state index contributed by atoms with van der Waals surface area (Å²) in [6, 6.07) is 0. The number of thiophene rings is 1. The molecule has 0 aliphatic heterocycles. The molecule has 1 aromatic rings. The number of rotatable bonds is 3. The van der Waals surface area contributed by atoms with Gasteiger partial charge < -0.3 is 10.4 Å². The van der Waals surface area contributed by atoms with Crippen molar-refractivity contribution in [1.82, 2.24) is 5.32 Å². The van der Waals surface area contributed by atoms with Crippen molar-refractivity contribution >= 4 is 17.2 Å². The zero-order valence-electron chi connectivity index (χ0n) is 11.0. The Morgan fingerprint density at radius 1 is 1.60 bits per heavy atom. The maximum atomic E-state index is 12.2. The molecule has 3 nitrogen and oxygen atoms in total. The van der Waals surface area contributed by atoms with Gasteiger partial charge in [-0.3, -0.25) is 4.79 Å². The first-order valence-corrected chi connectivity index (χ1v) is 7.29. The van der Waals surface area contributed by atoms with Gasteiger partial charge in [-0.1, -0.05) is 6.92 Å². The highest BCUT2D eigenvalue weighted by atomic mass is 32.1. The van der Waals surface area contributed by atoms with E-state index < -0.39 is 24.7 Å². The Balaban J connectivity index is 2.01. The average Bonchev–Trinajstić information content (AvgIpc) is 2.77. The zero-order chi connectivity index (χ0) is 14.9. The molecule has 112 valence electrons. The van der Waals surface area contributed by atoms with Gasteiger partial charge in [-0.25, -0.2) is 0 Å². The molecule has 1 aliphatic carbocycles. The van der Waals surface area contributed by atoms with Gasteiger partial charge in [-0.05, 0) is 30.7 Å². The molecule has 0 fully saturated rings. The lowest BCUT2D eigenvalue weighted by Crippen LogP contribution is -2.40. The van der Waals surface area contributed by atoms with Crippen LogP contribution < -0.4 is 5.32 Å². The summed E-state index contributed by atoms with van der Waals surface area (Å²) in [5.41, 5.74) is 1.40. The van der Waals surface area contributed by atoms with Crippen LogP contribution >= 0.6 is 11.3 Å². The van der Waals surface area contributed by atoms with Crippen LogP contribution in [0.3, 0.4) is 0 Å². The highest BCUT2D eigenvalue weighted by molar-refractivity contribution is 7.10. The summed E-state index contributed by atoms with van der Waals surface area (Å²) in [5, 5.41) is 12.7. The molecule has 2 unspecified atom stereocenters. The van der Waals surface area contributed by atoms with E-state index in [1.807, 2.05) is 0 Å². The average molecular weight is 307 g/mol. The van der Waals surface area contributed by atoms with E-state index >= 15 is 0 Å². The quantitative estimate of drug-likeness (QED) is 0.901. The van der Waals surface area contributed by atoms with Crippen LogP contribution in [0.25, 0.3) is 0 Å². The lowest BCUT2D eigenvalue weighted by atomic mass is 9.88. The van der Waals surface area contributed by atoms with Crippen LogP contribution in [0.2, 0.25) is 0 Å². The maximum absolute atomic E-state index is 12.2. The van der Waals surface area contributed by atoms with Gasteiger partial charge in [0.05, 0.1) is 12.1 Å². The fourth-order valence-electron chi connectivity index (χ4n) is 2.27. The van der Waals surface area contributed by atoms with Crippen LogP contribution in [-0.4, -0.2) is 29.8 Å². The molecule has 1 aliphatic rings. The number of halogens is 3. The van der Waals surface area contributed by atoms with Crippen molar-refractivity contribution < 1.29 is 23.1 Å². The van der Waals surface area contributed by atoms with Crippen molar-refractivity contribution in [2.45, 2.75) is 38.5 Å². The van der Waals surface area contributed by atoms with Crippen molar-refractivity contribution in [2.75, 3.05) is 6.54 Å². The van der Waals surface area contributed by atoms with Gasteiger partial charge in [0.2, 0.25) is 0 Å². The molecule has 0 bridgehead atoms. The molecule has 0 aromatic carbocycles. The third kappa shape index (κ3) is 3.32. The molecule has 0 saturated carbocycles. The Bertz CT molecular complexity index is 498. The van der Waals surface area contributed by atoms with E-state index in [0.717, 1.165) is 29.7 Å². The summed E-state index contributed by atoms with van der Waals surface area (Å²) in [6.07, 6.45) is -4.56. The molecular weight excluding hydrogens is 291 g/mol. The highest BCUT2D eigenvalue weighted by Crippen LogP contribution is 2.32. The summed E-state index contributed by atoms with van der Waals surface area (Å²) < 4.78 is 36.5. The van der Waals surface area contributed by atoms with Gasteiger partial charge in [-0.2, -0.15) is 13.2 Å². The molecule has 2 atom stereocenters. The molecule has 0 spiro atoms. The number of carbonyl (C=O) groups is 1. The first kappa shape index (κ1) is 15.3. The van der Waals surface area contributed by atoms with Crippen molar-refractivity contribution in [3.05, 3.63) is 21.4 Å². The second-order valence-corrected chi connectivity index (χ2v) is 6.13. The largest absolute Gasteiger partial charge is 0.416 e. The smallest absolute Gasteiger partial charge is 0.382 e. The van der Waals surface area contributed by atoms with Gasteiger partial charge in [-0.15, -0.1) is 11.3 Å². The number of hydrogen-bond acceptors (Lipinski definition) is 3. The lowest BCUT2D eigenvalue weighted by Gasteiger charge is -2.19. The van der Waals surface area contributed by atoms with Gasteiger partial charge in [0.25, 0.3) is 5.91 Å². The van der Waals surface area contributed by atoms with E-state index in [1.54, 1.807) is 5.38 Å². The van der Waals surface area contributed by atoms with Crippen molar-refractivity contribution in [3.63, 3.8) is 0 Å². The Hall–Kier alpha value is -1.08. The normalized spacial score (nSPS) is 20.4. The predicted molar refractivity (Wildman–Crippen MR) is 69.9 cm³/mol. The molecule has 1 aromatic heterocycles. The summed E-state index contributed by atoms with van der Waals surface area (Å²) in [7, 11) is 0. The van der Waals surface area contributed by atoms with Gasteiger partial charge in [0.15, 0.2) is 6.10 Å². The predicted octanol–water partition coefficient (Wildman–Crippen LogP) is 2.53. The van der Waals surface area contributed by atoms with Crippen molar-refractivity contribution in [3.8, 4) is 0 Å². The monoisotopic (exact) mass is 307 g/mol. The molecule has 1 amide bonds. The number of alkyl halides is 3. The minimum Gasteiger partial charge on any atom is -0.382 e. The summed E-state index contributed by atoms with van der Waals surface area (Å²) >= 11 is 1.48. The van der Waals surface area contributed by atoms with Crippen molar-refractivity contribution in [1.29, 1.82) is 0 Å². The fourth-order valence-corrected chi connectivity index (χ4v) is 3.51. The fraction of sp³-hybridized carbons (Fsp3) is 0.615. The van der Waals surface area contributed by atoms with Crippen LogP contribution in [0, 0.1) is 5.92 Å². The van der Waals surface area contributed by atoms with E-state index in [-0.39, 0.29) is 0 Å². The van der Waals surface area contributed by atoms with E-state index in [9.17, 15) is 18.0 Å². The third-order valence-corrected chi connectivity index (χ3v) is 4.53. The van der Waals surface area contributed by atoms with E-state index in [1.165, 1.54) is 11.3 Å². The number of fused-ring (bicyclic) bond motifs is 1. The Morgan fingerprint density at radius 2 is 2.30 bits per heavy atom. The first-order valence-electron chi connectivity index (χ1n) is 6.41. The second kappa shape index (κ2) is 5.73. The molecular formula is C13H16F3NO2S. The second-order valence-electron chi connectivity index (χ2n) is 5.17. The third-order valence-electron chi connectivity index (χ3n) is 3.48. The highest BCUT2D eigenvalue weighted by Gasteiger charge is 2.38. The molecule has 0 saturated heterocycles. The van der Waals surface area contributed by atoms with E-state index in [4.69, 9.17) is 5.11 Å². The molecule has 20 heavy (non-hydrogen) atoms. The topological polar surface area (TPSA) is 49.3 Å². The minimum absolute atomic E-state index is 0.450. The molecule has 0 radical (unpaired) electrons. The number of carbonyl (C=O) groups excluding carboxylic acids is 1. The lowest BCUT2D eigenvalue weighted by molar-refractivity contribution is -0.201. The number of aliphatic hydroxyl groups excluding tert-OH is 1.